The molecule has 1 N–H and O–H groups in total. The average molecular weight is 374 g/mol. The molecular weight excluding hydrogens is 356 g/mol. The number of hydrogen-bond donors (Lipinski definition) is 1. The summed E-state index contributed by atoms with van der Waals surface area (Å²) in [6, 6.07) is 3.52. The van der Waals surface area contributed by atoms with E-state index in [1.165, 1.54) is 16.2 Å². The number of aromatic amines is 1. The largest absolute Gasteiger partial charge is 0.450 e. The number of H-pyrrole nitrogens is 1. The molecule has 0 unspecified atom stereocenters. The number of fused-ring (bicyclic) bond motifs is 3. The van der Waals surface area contributed by atoms with Gasteiger partial charge >= 0.3 is 5.97 Å². The second-order valence-electron chi connectivity index (χ2n) is 6.51. The van der Waals surface area contributed by atoms with E-state index in [9.17, 15) is 9.59 Å². The smallest absolute Gasteiger partial charge is 0.349 e. The Morgan fingerprint density at radius 1 is 1.48 bits per heavy atom. The van der Waals surface area contributed by atoms with Gasteiger partial charge < -0.3 is 9.72 Å². The van der Waals surface area contributed by atoms with Gasteiger partial charge in [0.25, 0.3) is 5.56 Å². The molecule has 0 fully saturated rings. The fraction of sp³-hybridized carbons (Fsp3) is 0.389. The lowest BCUT2D eigenvalue weighted by Gasteiger charge is -2.17. The number of nitrogens with one attached hydrogen (secondary N) is 1. The molecule has 3 aromatic heterocycles. The van der Waals surface area contributed by atoms with Crippen LogP contribution in [-0.2, 0) is 17.6 Å². The first-order valence-electron chi connectivity index (χ1n) is 8.32. The van der Waals surface area contributed by atoms with Gasteiger partial charge in [0, 0.05) is 4.88 Å². The molecule has 0 spiro atoms. The lowest BCUT2D eigenvalue weighted by Crippen LogP contribution is -2.18. The molecule has 130 valence electrons. The molecule has 0 aromatic carbocycles. The second kappa shape index (κ2) is 6.38. The van der Waals surface area contributed by atoms with E-state index in [1.807, 2.05) is 5.38 Å². The van der Waals surface area contributed by atoms with Crippen molar-refractivity contribution >= 4 is 38.9 Å². The Morgan fingerprint density at radius 3 is 3.08 bits per heavy atom. The standard InChI is InChI=1S/C18H18N2O3S2/c1-9-5-6-11-13(8-9)25-17-14(11)16(21)19-15(20-17)10(2)23-18(22)12-4-3-7-24-12/h3-4,7,9-10H,5-6,8H2,1-2H3,(H,19,20,21)/t9-,10+/m0/s1. The Kier molecular flexibility index (Phi) is 4.21. The molecule has 5 nitrogen and oxygen atoms in total. The number of carbonyl (C=O) groups excluding carboxylic acids is 1. The summed E-state index contributed by atoms with van der Waals surface area (Å²) in [6.45, 7) is 3.97. The van der Waals surface area contributed by atoms with Gasteiger partial charge in [-0.2, -0.15) is 0 Å². The third-order valence-corrected chi connectivity index (χ3v) is 6.57. The number of esters is 1. The van der Waals surface area contributed by atoms with E-state index in [-0.39, 0.29) is 5.56 Å². The van der Waals surface area contributed by atoms with E-state index in [1.54, 1.807) is 30.4 Å². The minimum atomic E-state index is -0.607. The van der Waals surface area contributed by atoms with Crippen molar-refractivity contribution in [3.05, 3.63) is 49.0 Å². The highest BCUT2D eigenvalue weighted by Crippen LogP contribution is 2.36. The predicted molar refractivity (Wildman–Crippen MR) is 99.6 cm³/mol. The second-order valence-corrected chi connectivity index (χ2v) is 8.54. The Labute approximate surface area is 152 Å². The van der Waals surface area contributed by atoms with Crippen molar-refractivity contribution in [2.45, 2.75) is 39.2 Å². The lowest BCUT2D eigenvalue weighted by molar-refractivity contribution is 0.0326. The van der Waals surface area contributed by atoms with E-state index in [0.717, 1.165) is 29.7 Å². The first-order chi connectivity index (χ1) is 12.0. The minimum Gasteiger partial charge on any atom is -0.450 e. The molecule has 3 aromatic rings. The Hall–Kier alpha value is -1.99. The number of aryl methyl sites for hydroxylation is 1. The molecule has 0 saturated carbocycles. The molecule has 4 rings (SSSR count). The van der Waals surface area contributed by atoms with Crippen LogP contribution in [0.1, 0.15) is 52.3 Å². The van der Waals surface area contributed by atoms with Crippen molar-refractivity contribution < 1.29 is 9.53 Å². The molecule has 0 radical (unpaired) electrons. The molecular formula is C18H18N2O3S2. The van der Waals surface area contributed by atoms with Gasteiger partial charge in [-0.05, 0) is 49.1 Å². The Bertz CT molecular complexity index is 988. The monoisotopic (exact) mass is 374 g/mol. The van der Waals surface area contributed by atoms with Gasteiger partial charge in [-0.25, -0.2) is 9.78 Å². The number of aromatic nitrogens is 2. The van der Waals surface area contributed by atoms with E-state index >= 15 is 0 Å². The number of hydrogen-bond acceptors (Lipinski definition) is 6. The first-order valence-corrected chi connectivity index (χ1v) is 10.0. The summed E-state index contributed by atoms with van der Waals surface area (Å²) in [4.78, 5) is 34.7. The fourth-order valence-electron chi connectivity index (χ4n) is 3.23. The van der Waals surface area contributed by atoms with Crippen LogP contribution in [-0.4, -0.2) is 15.9 Å². The van der Waals surface area contributed by atoms with Crippen LogP contribution >= 0.6 is 22.7 Å². The van der Waals surface area contributed by atoms with Crippen molar-refractivity contribution in [1.29, 1.82) is 0 Å². The van der Waals surface area contributed by atoms with Gasteiger partial charge in [-0.3, -0.25) is 4.79 Å². The first kappa shape index (κ1) is 16.5. The van der Waals surface area contributed by atoms with Crippen LogP contribution in [0.3, 0.4) is 0 Å². The number of nitrogens with zero attached hydrogens (tertiary/aromatic N) is 1. The molecule has 1 aliphatic carbocycles. The molecule has 25 heavy (non-hydrogen) atoms. The van der Waals surface area contributed by atoms with Crippen molar-refractivity contribution in [3.8, 4) is 0 Å². The van der Waals surface area contributed by atoms with Gasteiger partial charge in [-0.15, -0.1) is 22.7 Å². The van der Waals surface area contributed by atoms with Crippen molar-refractivity contribution in [3.63, 3.8) is 0 Å². The zero-order valence-corrected chi connectivity index (χ0v) is 15.6. The van der Waals surface area contributed by atoms with Gasteiger partial charge in [0.2, 0.25) is 0 Å². The fourth-order valence-corrected chi connectivity index (χ4v) is 5.22. The highest BCUT2D eigenvalue weighted by Gasteiger charge is 2.24. The lowest BCUT2D eigenvalue weighted by atomic mass is 9.89. The Morgan fingerprint density at radius 2 is 2.32 bits per heavy atom. The zero-order chi connectivity index (χ0) is 17.6. The predicted octanol–water partition coefficient (Wildman–Crippen LogP) is 4.09. The molecule has 7 heteroatoms. The quantitative estimate of drug-likeness (QED) is 0.701. The van der Waals surface area contributed by atoms with Gasteiger partial charge in [0.15, 0.2) is 11.9 Å². The van der Waals surface area contributed by atoms with E-state index in [2.05, 4.69) is 16.9 Å². The van der Waals surface area contributed by atoms with Crippen LogP contribution in [0.4, 0.5) is 0 Å². The molecule has 2 atom stereocenters. The average Bonchev–Trinajstić information content (AvgIpc) is 3.21. The molecule has 3 heterocycles. The number of ether oxygens (including phenoxy) is 1. The summed E-state index contributed by atoms with van der Waals surface area (Å²) in [5, 5.41) is 2.54. The highest BCUT2D eigenvalue weighted by molar-refractivity contribution is 7.18. The third-order valence-electron chi connectivity index (χ3n) is 4.58. The summed E-state index contributed by atoms with van der Waals surface area (Å²) in [5.74, 6) is 0.642. The van der Waals surface area contributed by atoms with Crippen LogP contribution in [0.15, 0.2) is 22.3 Å². The molecule has 0 amide bonds. The van der Waals surface area contributed by atoms with Crippen LogP contribution in [0.5, 0.6) is 0 Å². The van der Waals surface area contributed by atoms with Gasteiger partial charge in [0.1, 0.15) is 9.71 Å². The maximum absolute atomic E-state index is 12.6. The molecule has 1 aliphatic rings. The molecule has 0 aliphatic heterocycles. The van der Waals surface area contributed by atoms with Crippen LogP contribution in [0, 0.1) is 5.92 Å². The Balaban J connectivity index is 1.67. The summed E-state index contributed by atoms with van der Waals surface area (Å²) in [7, 11) is 0. The summed E-state index contributed by atoms with van der Waals surface area (Å²) in [6.07, 6.45) is 2.44. The topological polar surface area (TPSA) is 72.0 Å². The van der Waals surface area contributed by atoms with E-state index in [4.69, 9.17) is 4.74 Å². The van der Waals surface area contributed by atoms with Crippen LogP contribution < -0.4 is 5.56 Å². The SMILES string of the molecule is C[C@H]1CCc2c(sc3nc([C@@H](C)OC(=O)c4cccs4)[nH]c(=O)c23)C1. The number of thiophene rings is 2. The molecule has 0 saturated heterocycles. The maximum atomic E-state index is 12.6. The van der Waals surface area contributed by atoms with E-state index in [0.29, 0.717) is 22.0 Å². The normalized spacial score (nSPS) is 18.1. The summed E-state index contributed by atoms with van der Waals surface area (Å²) >= 11 is 2.92. The third kappa shape index (κ3) is 3.02. The maximum Gasteiger partial charge on any atom is 0.349 e. The number of carbonyl (C=O) groups is 1. The van der Waals surface area contributed by atoms with Crippen LogP contribution in [0.2, 0.25) is 0 Å². The van der Waals surface area contributed by atoms with Crippen molar-refractivity contribution in [1.82, 2.24) is 9.97 Å². The van der Waals surface area contributed by atoms with Gasteiger partial charge in [0.05, 0.1) is 5.39 Å². The molecule has 0 bridgehead atoms. The zero-order valence-electron chi connectivity index (χ0n) is 14.0. The van der Waals surface area contributed by atoms with Crippen LogP contribution in [0.25, 0.3) is 10.2 Å². The summed E-state index contributed by atoms with van der Waals surface area (Å²) in [5.41, 5.74) is 1.02. The van der Waals surface area contributed by atoms with Crippen molar-refractivity contribution in [2.75, 3.05) is 0 Å². The number of rotatable bonds is 3. The summed E-state index contributed by atoms with van der Waals surface area (Å²) < 4.78 is 5.45. The van der Waals surface area contributed by atoms with E-state index < -0.39 is 12.1 Å². The minimum absolute atomic E-state index is 0.133. The highest BCUT2D eigenvalue weighted by atomic mass is 32.1. The van der Waals surface area contributed by atoms with Gasteiger partial charge in [-0.1, -0.05) is 13.0 Å². The van der Waals surface area contributed by atoms with Crippen molar-refractivity contribution in [2.24, 2.45) is 5.92 Å².